The lowest BCUT2D eigenvalue weighted by atomic mass is 9.85. The highest BCUT2D eigenvalue weighted by molar-refractivity contribution is 5.77. The summed E-state index contributed by atoms with van der Waals surface area (Å²) in [4.78, 5) is 21.7. The molecule has 96 valence electrons. The average molecular weight is 247 g/mol. The third-order valence-corrected chi connectivity index (χ3v) is 3.81. The van der Waals surface area contributed by atoms with E-state index in [4.69, 9.17) is 5.73 Å². The van der Waals surface area contributed by atoms with Crippen LogP contribution in [0.15, 0.2) is 12.3 Å². The van der Waals surface area contributed by atoms with Crippen LogP contribution in [0.4, 0.5) is 11.8 Å². The summed E-state index contributed by atoms with van der Waals surface area (Å²) in [5.41, 5.74) is 5.61. The van der Waals surface area contributed by atoms with Crippen LogP contribution in [-0.4, -0.2) is 35.0 Å². The van der Waals surface area contributed by atoms with E-state index in [1.54, 1.807) is 6.20 Å². The van der Waals surface area contributed by atoms with Crippen molar-refractivity contribution >= 4 is 17.7 Å². The number of carbonyl (C=O) groups is 1. The van der Waals surface area contributed by atoms with Gasteiger partial charge in [0.2, 0.25) is 11.9 Å². The van der Waals surface area contributed by atoms with Crippen LogP contribution >= 0.6 is 0 Å². The van der Waals surface area contributed by atoms with E-state index in [9.17, 15) is 4.79 Å². The molecule has 0 saturated carbocycles. The Balaban J connectivity index is 1.72. The Morgan fingerprint density at radius 2 is 2.33 bits per heavy atom. The fraction of sp³-hybridized carbons (Fsp3) is 0.583. The Bertz CT molecular complexity index is 464. The van der Waals surface area contributed by atoms with Gasteiger partial charge in [0.15, 0.2) is 0 Å². The molecule has 3 N–H and O–H groups in total. The van der Waals surface area contributed by atoms with Crippen molar-refractivity contribution in [1.82, 2.24) is 15.3 Å². The van der Waals surface area contributed by atoms with Gasteiger partial charge in [-0.3, -0.25) is 4.79 Å². The number of nitrogens with one attached hydrogen (secondary N) is 1. The van der Waals surface area contributed by atoms with E-state index in [1.807, 2.05) is 6.07 Å². The van der Waals surface area contributed by atoms with Crippen molar-refractivity contribution in [3.63, 3.8) is 0 Å². The summed E-state index contributed by atoms with van der Waals surface area (Å²) in [6, 6.07) is 2.22. The average Bonchev–Trinajstić information content (AvgIpc) is 2.38. The molecule has 3 heterocycles. The van der Waals surface area contributed by atoms with Crippen molar-refractivity contribution in [2.75, 3.05) is 23.7 Å². The van der Waals surface area contributed by atoms with Gasteiger partial charge in [-0.1, -0.05) is 0 Å². The molecule has 0 aromatic carbocycles. The predicted octanol–water partition coefficient (Wildman–Crippen LogP) is 0.164. The number of anilines is 2. The quantitative estimate of drug-likeness (QED) is 0.738. The van der Waals surface area contributed by atoms with Crippen molar-refractivity contribution in [2.24, 2.45) is 5.92 Å². The van der Waals surface area contributed by atoms with Gasteiger partial charge >= 0.3 is 0 Å². The lowest BCUT2D eigenvalue weighted by molar-refractivity contribution is -0.124. The van der Waals surface area contributed by atoms with Crippen molar-refractivity contribution in [1.29, 1.82) is 0 Å². The van der Waals surface area contributed by atoms with E-state index in [-0.39, 0.29) is 5.91 Å². The number of fused-ring (bicyclic) bond motifs is 1. The number of aromatic nitrogens is 2. The Kier molecular flexibility index (Phi) is 2.77. The van der Waals surface area contributed by atoms with Crippen LogP contribution in [-0.2, 0) is 4.79 Å². The van der Waals surface area contributed by atoms with Crippen LogP contribution < -0.4 is 16.0 Å². The van der Waals surface area contributed by atoms with Gasteiger partial charge in [-0.2, -0.15) is 4.98 Å². The molecule has 6 heteroatoms. The topological polar surface area (TPSA) is 84.1 Å². The van der Waals surface area contributed by atoms with E-state index in [0.717, 1.165) is 31.7 Å². The maximum Gasteiger partial charge on any atom is 0.221 e. The predicted molar refractivity (Wildman–Crippen MR) is 67.9 cm³/mol. The van der Waals surface area contributed by atoms with Crippen LogP contribution in [0.25, 0.3) is 0 Å². The zero-order valence-corrected chi connectivity index (χ0v) is 10.2. The number of hydrogen-bond acceptors (Lipinski definition) is 5. The smallest absolute Gasteiger partial charge is 0.221 e. The molecule has 2 unspecified atom stereocenters. The van der Waals surface area contributed by atoms with E-state index in [2.05, 4.69) is 20.2 Å². The number of hydrogen-bond donors (Lipinski definition) is 2. The zero-order valence-electron chi connectivity index (χ0n) is 10.2. The molecule has 2 saturated heterocycles. The van der Waals surface area contributed by atoms with Crippen molar-refractivity contribution in [3.8, 4) is 0 Å². The molecule has 0 bridgehead atoms. The number of nitrogens with zero attached hydrogens (tertiary/aromatic N) is 3. The van der Waals surface area contributed by atoms with Gasteiger partial charge in [0.1, 0.15) is 5.82 Å². The summed E-state index contributed by atoms with van der Waals surface area (Å²) in [5, 5.41) is 3.08. The van der Waals surface area contributed by atoms with Crippen LogP contribution in [0.1, 0.15) is 19.3 Å². The fourth-order valence-electron chi connectivity index (χ4n) is 2.86. The molecule has 1 amide bonds. The first-order chi connectivity index (χ1) is 8.72. The molecule has 2 atom stereocenters. The lowest BCUT2D eigenvalue weighted by Crippen LogP contribution is -2.54. The third-order valence-electron chi connectivity index (χ3n) is 3.81. The first-order valence-electron chi connectivity index (χ1n) is 6.35. The number of amides is 1. The minimum Gasteiger partial charge on any atom is -0.368 e. The van der Waals surface area contributed by atoms with E-state index in [0.29, 0.717) is 24.3 Å². The van der Waals surface area contributed by atoms with Gasteiger partial charge in [-0.15, -0.1) is 0 Å². The van der Waals surface area contributed by atoms with Crippen LogP contribution in [0.5, 0.6) is 0 Å². The lowest BCUT2D eigenvalue weighted by Gasteiger charge is -2.41. The Hall–Kier alpha value is -1.85. The van der Waals surface area contributed by atoms with Crippen molar-refractivity contribution < 1.29 is 4.79 Å². The first kappa shape index (κ1) is 11.3. The minimum atomic E-state index is 0.191. The summed E-state index contributed by atoms with van der Waals surface area (Å²) in [6.45, 7) is 1.83. The molecule has 3 rings (SSSR count). The summed E-state index contributed by atoms with van der Waals surface area (Å²) in [5.74, 6) is 1.91. The normalized spacial score (nSPS) is 27.6. The second-order valence-electron chi connectivity index (χ2n) is 4.98. The molecular formula is C12H17N5O. The molecule has 2 aliphatic heterocycles. The van der Waals surface area contributed by atoms with Gasteiger partial charge in [-0.05, 0) is 24.8 Å². The number of rotatable bonds is 1. The molecule has 2 fully saturated rings. The van der Waals surface area contributed by atoms with Crippen LogP contribution in [0, 0.1) is 5.92 Å². The van der Waals surface area contributed by atoms with Gasteiger partial charge in [0.05, 0.1) is 0 Å². The maximum atomic E-state index is 11.4. The Morgan fingerprint density at radius 1 is 1.44 bits per heavy atom. The molecule has 6 nitrogen and oxygen atoms in total. The van der Waals surface area contributed by atoms with E-state index < -0.39 is 0 Å². The zero-order chi connectivity index (χ0) is 12.5. The molecule has 2 aliphatic rings. The Morgan fingerprint density at radius 3 is 3.17 bits per heavy atom. The van der Waals surface area contributed by atoms with Crippen LogP contribution in [0.2, 0.25) is 0 Å². The maximum absolute atomic E-state index is 11.4. The summed E-state index contributed by atoms with van der Waals surface area (Å²) < 4.78 is 0. The molecule has 1 aromatic rings. The second kappa shape index (κ2) is 4.44. The SMILES string of the molecule is Nc1nccc(N2CCC3NC(=O)CCC3C2)n1. The first-order valence-corrected chi connectivity index (χ1v) is 6.35. The van der Waals surface area contributed by atoms with Crippen molar-refractivity contribution in [2.45, 2.75) is 25.3 Å². The highest BCUT2D eigenvalue weighted by atomic mass is 16.1. The number of nitrogens with two attached hydrogens (primary N) is 1. The molecule has 1 aromatic heterocycles. The second-order valence-corrected chi connectivity index (χ2v) is 4.98. The van der Waals surface area contributed by atoms with Crippen LogP contribution in [0.3, 0.4) is 0 Å². The molecular weight excluding hydrogens is 230 g/mol. The van der Waals surface area contributed by atoms with Gasteiger partial charge < -0.3 is 16.0 Å². The third kappa shape index (κ3) is 2.10. The number of piperidine rings is 2. The van der Waals surface area contributed by atoms with Crippen molar-refractivity contribution in [3.05, 3.63) is 12.3 Å². The van der Waals surface area contributed by atoms with E-state index >= 15 is 0 Å². The largest absolute Gasteiger partial charge is 0.368 e. The fourth-order valence-corrected chi connectivity index (χ4v) is 2.86. The Labute approximate surface area is 106 Å². The number of carbonyl (C=O) groups excluding carboxylic acids is 1. The van der Waals surface area contributed by atoms with Gasteiger partial charge in [-0.25, -0.2) is 4.98 Å². The molecule has 0 spiro atoms. The summed E-state index contributed by atoms with van der Waals surface area (Å²) in [6.07, 6.45) is 4.27. The summed E-state index contributed by atoms with van der Waals surface area (Å²) >= 11 is 0. The van der Waals surface area contributed by atoms with E-state index in [1.165, 1.54) is 0 Å². The molecule has 0 aliphatic carbocycles. The molecule has 18 heavy (non-hydrogen) atoms. The summed E-state index contributed by atoms with van der Waals surface area (Å²) in [7, 11) is 0. The minimum absolute atomic E-state index is 0.191. The highest BCUT2D eigenvalue weighted by Gasteiger charge is 2.34. The monoisotopic (exact) mass is 247 g/mol. The number of nitrogen functional groups attached to an aromatic ring is 1. The standard InChI is InChI=1S/C12H17N5O/c13-12-14-5-3-10(16-12)17-6-4-9-8(7-17)1-2-11(18)15-9/h3,5,8-9H,1-2,4,6-7H2,(H,15,18)(H2,13,14,16). The van der Waals surface area contributed by atoms with Gasteiger partial charge in [0.25, 0.3) is 0 Å². The molecule has 0 radical (unpaired) electrons. The highest BCUT2D eigenvalue weighted by Crippen LogP contribution is 2.27. The van der Waals surface area contributed by atoms with Gasteiger partial charge in [0, 0.05) is 31.7 Å².